The number of nitro groups is 2. The molecule has 20 rings (SSSR count). The summed E-state index contributed by atoms with van der Waals surface area (Å²) in [5.74, 6) is -2.47. The van der Waals surface area contributed by atoms with E-state index in [-0.39, 0.29) is 71.2 Å². The van der Waals surface area contributed by atoms with Gasteiger partial charge in [-0.05, 0) is 207 Å². The number of hydrogen-bond acceptors (Lipinski definition) is 24. The Labute approximate surface area is 794 Å². The summed E-state index contributed by atoms with van der Waals surface area (Å²) in [6.45, 7) is 20.8. The molecule has 32 nitrogen and oxygen atoms in total. The first-order valence-electron chi connectivity index (χ1n) is 46.0. The van der Waals surface area contributed by atoms with Crippen LogP contribution in [0.3, 0.4) is 0 Å². The van der Waals surface area contributed by atoms with Crippen LogP contribution >= 0.6 is 23.2 Å². The van der Waals surface area contributed by atoms with Crippen LogP contribution in [0, 0.1) is 31.1 Å². The molecule has 2 aliphatic carbocycles. The van der Waals surface area contributed by atoms with E-state index in [1.54, 1.807) is 58.4 Å². The molecule has 0 radical (unpaired) electrons. The lowest BCUT2D eigenvalue weighted by Crippen LogP contribution is -2.55. The average Bonchev–Trinajstić information content (AvgIpc) is 1.61. The maximum atomic E-state index is 15.8. The minimum atomic E-state index is -4.68. The number of alkyl halides is 2. The molecule has 136 heavy (non-hydrogen) atoms. The first kappa shape index (κ1) is 93.2. The van der Waals surface area contributed by atoms with Crippen LogP contribution in [0.5, 0.6) is 11.5 Å². The molecule has 38 heteroatoms. The lowest BCUT2D eigenvalue weighted by molar-refractivity contribution is -0.386. The molecule has 6 aromatic heterocycles. The third-order valence-corrected chi connectivity index (χ3v) is 31.2. The number of rotatable bonds is 26. The first-order chi connectivity index (χ1) is 65.2. The Kier molecular flexibility index (Phi) is 26.0. The van der Waals surface area contributed by atoms with E-state index in [9.17, 15) is 46.7 Å². The van der Waals surface area contributed by atoms with Crippen molar-refractivity contribution in [3.63, 3.8) is 0 Å². The maximum absolute atomic E-state index is 15.8. The number of nitrogens with one attached hydrogen (secondary N) is 4. The second-order valence-electron chi connectivity index (χ2n) is 38.5. The summed E-state index contributed by atoms with van der Waals surface area (Å²) < 4.78 is 117. The van der Waals surface area contributed by atoms with E-state index < -0.39 is 87.4 Å². The molecule has 0 saturated carbocycles. The molecule has 0 spiro atoms. The number of carbonyl (C=O) groups is 2. The van der Waals surface area contributed by atoms with E-state index in [4.69, 9.17) is 42.1 Å². The molecule has 6 aliphatic heterocycles. The van der Waals surface area contributed by atoms with Crippen molar-refractivity contribution in [3.05, 3.63) is 234 Å². The molecular weight excluding hydrogens is 1830 g/mol. The van der Waals surface area contributed by atoms with Crippen LogP contribution in [0.4, 0.5) is 31.5 Å². The van der Waals surface area contributed by atoms with Gasteiger partial charge in [-0.1, -0.05) is 86.3 Å². The number of anilines is 2. The van der Waals surface area contributed by atoms with Crippen LogP contribution in [-0.2, 0) is 29.5 Å². The monoisotopic (exact) mass is 1930 g/mol. The van der Waals surface area contributed by atoms with Crippen molar-refractivity contribution in [1.82, 2.24) is 68.5 Å². The van der Waals surface area contributed by atoms with Crippen molar-refractivity contribution in [2.75, 3.05) is 141 Å². The number of sulfonamides is 2. The SMILES string of the molecule is CC1(C)CCC(CN2CCN(c3ccc(C(=O)NS(=O)(=O)c4ccc(OCC5(F)CCN(C6COC6)CC5)c([N+](=O)[O-])c4)c(-n4[nH]cc5nc6nccc6cc54)c3)CC2)=C(c2ccc(Cl)cc2)C1.CC1(C)CCC(CN2CCN(c3ccc(C(=O)NS(=O)(=O)c4ccc(OCC5(F)CCN(C6COC6)CC5)c([N+](=O)[O-])c4)c(-n4[nH]cc5nc6nccc6cc54)c3)CC2)=C(c2ccc(Cl)cc2)C1. The number of pyridine rings is 2. The van der Waals surface area contributed by atoms with E-state index in [1.165, 1.54) is 33.4 Å². The lowest BCUT2D eigenvalue weighted by atomic mass is 9.72. The van der Waals surface area contributed by atoms with Gasteiger partial charge in [-0.3, -0.25) is 69.0 Å². The lowest BCUT2D eigenvalue weighted by Gasteiger charge is -2.43. The van der Waals surface area contributed by atoms with Crippen LogP contribution < -0.4 is 28.7 Å². The highest BCUT2D eigenvalue weighted by Crippen LogP contribution is 2.47. The molecule has 6 aromatic carbocycles. The summed E-state index contributed by atoms with van der Waals surface area (Å²) in [7, 11) is -9.37. The molecule has 12 aromatic rings. The minimum absolute atomic E-state index is 0.0194. The van der Waals surface area contributed by atoms with Gasteiger partial charge >= 0.3 is 11.4 Å². The number of fused-ring (bicyclic) bond motifs is 4. The smallest absolute Gasteiger partial charge is 0.312 e. The van der Waals surface area contributed by atoms with Crippen molar-refractivity contribution >= 4 is 133 Å². The predicted octanol–water partition coefficient (Wildman–Crippen LogP) is 15.9. The molecule has 12 heterocycles. The van der Waals surface area contributed by atoms with Crippen molar-refractivity contribution in [2.24, 2.45) is 10.8 Å². The van der Waals surface area contributed by atoms with Gasteiger partial charge in [0.25, 0.3) is 31.9 Å². The van der Waals surface area contributed by atoms with Gasteiger partial charge in [0, 0.05) is 161 Å². The second kappa shape index (κ2) is 37.9. The largest absolute Gasteiger partial charge is 0.483 e. The topological polar surface area (TPSA) is 362 Å². The van der Waals surface area contributed by atoms with Gasteiger partial charge in [0.05, 0.1) is 91.7 Å². The van der Waals surface area contributed by atoms with E-state index in [0.29, 0.717) is 124 Å². The van der Waals surface area contributed by atoms with Gasteiger partial charge in [0.1, 0.15) is 35.6 Å². The highest BCUT2D eigenvalue weighted by Gasteiger charge is 2.43. The molecule has 6 saturated heterocycles. The van der Waals surface area contributed by atoms with Gasteiger partial charge in [-0.2, -0.15) is 0 Å². The number of nitrogens with zero attached hydrogens (tertiary/aromatic N) is 14. The number of carbonyl (C=O) groups excluding carboxylic acids is 2. The van der Waals surface area contributed by atoms with E-state index in [2.05, 4.69) is 121 Å². The number of H-pyrrole nitrogens is 2. The Morgan fingerprint density at radius 2 is 0.882 bits per heavy atom. The standard InChI is InChI=1S/2C49H53ClFN9O7S/c2*1-48(2)13-11-34(40(26-48)32-3-5-35(50)6-4-32)28-56-19-21-58(22-20-56)36-7-9-39(42(24-36)59-43-23-33-12-16-52-46(33)54-41(43)27-53-59)47(61)55-68(64,65)38-8-10-45(44(25-38)60(62)63)67-31-49(51)14-17-57(18-15-49)37-29-66-30-37/h2*3-10,12,16,23-25,27,37,53H,11,13-15,17-22,26,28-31H2,1-2H3,(H,55,61). The Balaban J connectivity index is 0.000000174. The van der Waals surface area contributed by atoms with Crippen molar-refractivity contribution in [2.45, 2.75) is 125 Å². The summed E-state index contributed by atoms with van der Waals surface area (Å²) >= 11 is 12.5. The zero-order chi connectivity index (χ0) is 94.7. The Morgan fingerprint density at radius 3 is 1.24 bits per heavy atom. The molecular formula is C98H106Cl2F2N18O14S2. The van der Waals surface area contributed by atoms with E-state index >= 15 is 8.78 Å². The fourth-order valence-electron chi connectivity index (χ4n) is 19.7. The summed E-state index contributed by atoms with van der Waals surface area (Å²) in [5.41, 5.74) is 9.76. The number of benzene rings is 6. The number of amides is 2. The minimum Gasteiger partial charge on any atom is -0.483 e. The van der Waals surface area contributed by atoms with Crippen LogP contribution in [0.2, 0.25) is 10.0 Å². The highest BCUT2D eigenvalue weighted by molar-refractivity contribution is 7.90. The number of aromatic nitrogens is 8. The molecule has 0 atom stereocenters. The van der Waals surface area contributed by atoms with Crippen molar-refractivity contribution < 1.29 is 64.0 Å². The van der Waals surface area contributed by atoms with Crippen LogP contribution in [-0.4, -0.2) is 252 Å². The Hall–Kier alpha value is -11.8. The summed E-state index contributed by atoms with van der Waals surface area (Å²) in [5, 5.41) is 33.9. The summed E-state index contributed by atoms with van der Waals surface area (Å²) in [4.78, 5) is 82.2. The highest BCUT2D eigenvalue weighted by atomic mass is 35.5. The number of piperazine rings is 2. The third kappa shape index (κ3) is 20.2. The Bertz CT molecular complexity index is 6500. The number of piperidine rings is 2. The molecule has 4 N–H and O–H groups in total. The number of aromatic amines is 2. The summed E-state index contributed by atoms with van der Waals surface area (Å²) in [6.07, 6.45) is 13.7. The predicted molar refractivity (Wildman–Crippen MR) is 516 cm³/mol. The fourth-order valence-corrected chi connectivity index (χ4v) is 21.9. The molecule has 6 fully saturated rings. The number of hydrogen-bond donors (Lipinski definition) is 4. The third-order valence-electron chi connectivity index (χ3n) is 28.1. The quantitative estimate of drug-likeness (QED) is 0.0289. The number of likely N-dealkylation sites (tertiary alicyclic amines) is 2. The first-order valence-corrected chi connectivity index (χ1v) is 49.7. The van der Waals surface area contributed by atoms with Crippen LogP contribution in [0.15, 0.2) is 191 Å². The van der Waals surface area contributed by atoms with E-state index in [1.807, 2.05) is 60.7 Å². The average molecular weight is 1930 g/mol. The number of ether oxygens (including phenoxy) is 4. The maximum Gasteiger partial charge on any atom is 0.312 e. The molecule has 2 amide bonds. The molecule has 0 bridgehead atoms. The van der Waals surface area contributed by atoms with Gasteiger partial charge in [-0.15, -0.1) is 0 Å². The number of halogens is 4. The number of nitro benzene ring substituents is 2. The van der Waals surface area contributed by atoms with Gasteiger partial charge in [-0.25, -0.2) is 55.0 Å². The van der Waals surface area contributed by atoms with Gasteiger partial charge < -0.3 is 28.7 Å². The van der Waals surface area contributed by atoms with Crippen LogP contribution in [0.1, 0.15) is 124 Å². The zero-order valence-corrected chi connectivity index (χ0v) is 79.0. The molecule has 0 unspecified atom stereocenters. The number of allylic oxidation sites excluding steroid dienone is 2. The second-order valence-corrected chi connectivity index (χ2v) is 42.7. The van der Waals surface area contributed by atoms with Gasteiger partial charge in [0.15, 0.2) is 22.8 Å². The molecule has 8 aliphatic rings. The van der Waals surface area contributed by atoms with Gasteiger partial charge in [0.2, 0.25) is 0 Å². The zero-order valence-electron chi connectivity index (χ0n) is 75.8. The van der Waals surface area contributed by atoms with Crippen LogP contribution in [0.25, 0.3) is 66.7 Å². The van der Waals surface area contributed by atoms with Crippen molar-refractivity contribution in [3.8, 4) is 22.9 Å². The normalized spacial score (nSPS) is 19.3. The molecule has 712 valence electrons. The Morgan fingerprint density at radius 1 is 0.500 bits per heavy atom. The van der Waals surface area contributed by atoms with E-state index in [0.717, 1.165) is 146 Å². The summed E-state index contributed by atoms with van der Waals surface area (Å²) in [6, 6.07) is 40.9. The fraction of sp³-hybridized carbons (Fsp3) is 0.408. The van der Waals surface area contributed by atoms with Crippen molar-refractivity contribution in [1.29, 1.82) is 0 Å².